The number of benzene rings is 2. The molecule has 2 aromatic heterocycles. The van der Waals surface area contributed by atoms with Crippen molar-refractivity contribution in [1.29, 1.82) is 0 Å². The standard InChI is InChI=1S/C20H16BrN3S/c1-12-7-9-14(10-8-12)17-13(2)25-20-18(17)19(22-11-23-20)24-16-6-4-3-5-15(16)21/h3-11H,1-2H3,(H,22,23,24). The number of hydrogen-bond donors (Lipinski definition) is 1. The molecule has 0 amide bonds. The summed E-state index contributed by atoms with van der Waals surface area (Å²) in [5.74, 6) is 0.830. The highest BCUT2D eigenvalue weighted by molar-refractivity contribution is 9.10. The lowest BCUT2D eigenvalue weighted by Crippen LogP contribution is -1.96. The molecule has 124 valence electrons. The lowest BCUT2D eigenvalue weighted by molar-refractivity contribution is 1.23. The molecule has 2 aromatic carbocycles. The highest BCUT2D eigenvalue weighted by Crippen LogP contribution is 2.41. The van der Waals surface area contributed by atoms with Gasteiger partial charge in [-0.2, -0.15) is 0 Å². The maximum absolute atomic E-state index is 4.52. The maximum atomic E-state index is 4.52. The molecule has 0 spiro atoms. The minimum absolute atomic E-state index is 0.830. The predicted octanol–water partition coefficient (Wildman–Crippen LogP) is 6.48. The Morgan fingerprint density at radius 2 is 1.72 bits per heavy atom. The molecule has 4 rings (SSSR count). The highest BCUT2D eigenvalue weighted by Gasteiger charge is 2.17. The molecule has 25 heavy (non-hydrogen) atoms. The summed E-state index contributed by atoms with van der Waals surface area (Å²) < 4.78 is 1.01. The van der Waals surface area contributed by atoms with Crippen molar-refractivity contribution in [3.8, 4) is 11.1 Å². The van der Waals surface area contributed by atoms with E-state index in [0.29, 0.717) is 0 Å². The van der Waals surface area contributed by atoms with Crippen LogP contribution in [0.1, 0.15) is 10.4 Å². The number of halogens is 1. The number of aryl methyl sites for hydroxylation is 2. The summed E-state index contributed by atoms with van der Waals surface area (Å²) in [4.78, 5) is 11.3. The Balaban J connectivity index is 1.91. The van der Waals surface area contributed by atoms with E-state index in [1.165, 1.54) is 21.6 Å². The molecule has 0 unspecified atom stereocenters. The van der Waals surface area contributed by atoms with E-state index in [0.717, 1.165) is 26.2 Å². The van der Waals surface area contributed by atoms with Gasteiger partial charge in [0.2, 0.25) is 0 Å². The summed E-state index contributed by atoms with van der Waals surface area (Å²) in [6.07, 6.45) is 1.62. The minimum Gasteiger partial charge on any atom is -0.339 e. The van der Waals surface area contributed by atoms with E-state index >= 15 is 0 Å². The number of aromatic nitrogens is 2. The van der Waals surface area contributed by atoms with E-state index < -0.39 is 0 Å². The van der Waals surface area contributed by atoms with Gasteiger partial charge in [-0.1, -0.05) is 42.0 Å². The van der Waals surface area contributed by atoms with Crippen LogP contribution in [0.5, 0.6) is 0 Å². The number of para-hydroxylation sites is 1. The summed E-state index contributed by atoms with van der Waals surface area (Å²) in [5.41, 5.74) is 4.64. The topological polar surface area (TPSA) is 37.8 Å². The first kappa shape index (κ1) is 16.2. The van der Waals surface area contributed by atoms with Crippen LogP contribution in [0.3, 0.4) is 0 Å². The lowest BCUT2D eigenvalue weighted by Gasteiger charge is -2.10. The zero-order valence-corrected chi connectivity index (χ0v) is 16.3. The number of nitrogens with zero attached hydrogens (tertiary/aromatic N) is 2. The van der Waals surface area contributed by atoms with Gasteiger partial charge in [-0.3, -0.25) is 0 Å². The van der Waals surface area contributed by atoms with Crippen molar-refractivity contribution >= 4 is 49.0 Å². The minimum atomic E-state index is 0.830. The molecule has 0 saturated heterocycles. The van der Waals surface area contributed by atoms with Gasteiger partial charge < -0.3 is 5.32 Å². The van der Waals surface area contributed by atoms with Crippen LogP contribution in [-0.4, -0.2) is 9.97 Å². The molecule has 5 heteroatoms. The van der Waals surface area contributed by atoms with E-state index in [2.05, 4.69) is 69.3 Å². The van der Waals surface area contributed by atoms with Gasteiger partial charge in [0.25, 0.3) is 0 Å². The molecule has 0 aliphatic heterocycles. The lowest BCUT2D eigenvalue weighted by atomic mass is 10.0. The molecule has 0 atom stereocenters. The number of anilines is 2. The molecule has 0 saturated carbocycles. The van der Waals surface area contributed by atoms with Crippen LogP contribution >= 0.6 is 27.3 Å². The van der Waals surface area contributed by atoms with Crippen LogP contribution in [0, 0.1) is 13.8 Å². The third kappa shape index (κ3) is 3.05. The quantitative estimate of drug-likeness (QED) is 0.420. The zero-order chi connectivity index (χ0) is 17.4. The Hall–Kier alpha value is -2.24. The molecule has 0 aliphatic carbocycles. The second-order valence-electron chi connectivity index (χ2n) is 5.91. The maximum Gasteiger partial charge on any atom is 0.143 e. The summed E-state index contributed by atoms with van der Waals surface area (Å²) in [6.45, 7) is 4.25. The van der Waals surface area contributed by atoms with Gasteiger partial charge in [-0.25, -0.2) is 9.97 Å². The Labute approximate surface area is 158 Å². The first-order valence-electron chi connectivity index (χ1n) is 7.96. The number of rotatable bonds is 3. The molecule has 2 heterocycles. The number of hydrogen-bond acceptors (Lipinski definition) is 4. The van der Waals surface area contributed by atoms with Crippen molar-refractivity contribution in [2.45, 2.75) is 13.8 Å². The second kappa shape index (κ2) is 6.58. The third-order valence-electron chi connectivity index (χ3n) is 4.13. The van der Waals surface area contributed by atoms with Gasteiger partial charge in [0.15, 0.2) is 0 Å². The van der Waals surface area contributed by atoms with E-state index in [-0.39, 0.29) is 0 Å². The van der Waals surface area contributed by atoms with Crippen molar-refractivity contribution in [2.75, 3.05) is 5.32 Å². The highest BCUT2D eigenvalue weighted by atomic mass is 79.9. The van der Waals surface area contributed by atoms with Gasteiger partial charge in [0.05, 0.1) is 11.1 Å². The van der Waals surface area contributed by atoms with Crippen LogP contribution in [0.15, 0.2) is 59.3 Å². The summed E-state index contributed by atoms with van der Waals surface area (Å²) in [7, 11) is 0. The van der Waals surface area contributed by atoms with E-state index in [4.69, 9.17) is 0 Å². The van der Waals surface area contributed by atoms with E-state index in [1.807, 2.05) is 24.3 Å². The molecule has 0 radical (unpaired) electrons. The average molecular weight is 410 g/mol. The Bertz CT molecular complexity index is 1050. The summed E-state index contributed by atoms with van der Waals surface area (Å²) in [6, 6.07) is 16.7. The first-order valence-corrected chi connectivity index (χ1v) is 9.57. The van der Waals surface area contributed by atoms with Crippen molar-refractivity contribution in [1.82, 2.24) is 9.97 Å². The van der Waals surface area contributed by atoms with Crippen molar-refractivity contribution < 1.29 is 0 Å². The number of fused-ring (bicyclic) bond motifs is 1. The average Bonchev–Trinajstić information content (AvgIpc) is 2.95. The predicted molar refractivity (Wildman–Crippen MR) is 110 cm³/mol. The molecule has 4 aromatic rings. The van der Waals surface area contributed by atoms with Crippen LogP contribution in [-0.2, 0) is 0 Å². The number of nitrogens with one attached hydrogen (secondary N) is 1. The molecule has 1 N–H and O–H groups in total. The molecular weight excluding hydrogens is 394 g/mol. The van der Waals surface area contributed by atoms with Crippen LogP contribution in [0.25, 0.3) is 21.3 Å². The first-order chi connectivity index (χ1) is 12.1. The molecule has 0 bridgehead atoms. The normalized spacial score (nSPS) is 11.0. The fourth-order valence-electron chi connectivity index (χ4n) is 2.90. The molecule has 3 nitrogen and oxygen atoms in total. The summed E-state index contributed by atoms with van der Waals surface area (Å²) in [5, 5.41) is 4.53. The Kier molecular flexibility index (Phi) is 4.27. The van der Waals surface area contributed by atoms with Crippen molar-refractivity contribution in [2.24, 2.45) is 0 Å². The van der Waals surface area contributed by atoms with Gasteiger partial charge in [0, 0.05) is 14.9 Å². The third-order valence-corrected chi connectivity index (χ3v) is 5.84. The van der Waals surface area contributed by atoms with Crippen molar-refractivity contribution in [3.63, 3.8) is 0 Å². The van der Waals surface area contributed by atoms with E-state index in [1.54, 1.807) is 17.7 Å². The number of thiophene rings is 1. The Morgan fingerprint density at radius 3 is 2.48 bits per heavy atom. The van der Waals surface area contributed by atoms with Gasteiger partial charge in [-0.05, 0) is 47.5 Å². The van der Waals surface area contributed by atoms with Gasteiger partial charge >= 0.3 is 0 Å². The van der Waals surface area contributed by atoms with Gasteiger partial charge in [-0.15, -0.1) is 11.3 Å². The van der Waals surface area contributed by atoms with Crippen LogP contribution in [0.4, 0.5) is 11.5 Å². The molecular formula is C20H16BrN3S. The largest absolute Gasteiger partial charge is 0.339 e. The SMILES string of the molecule is Cc1ccc(-c2c(C)sc3ncnc(Nc4ccccc4Br)c23)cc1. The van der Waals surface area contributed by atoms with E-state index in [9.17, 15) is 0 Å². The fourth-order valence-corrected chi connectivity index (χ4v) is 4.29. The van der Waals surface area contributed by atoms with Crippen LogP contribution in [0.2, 0.25) is 0 Å². The van der Waals surface area contributed by atoms with Crippen molar-refractivity contribution in [3.05, 3.63) is 69.8 Å². The van der Waals surface area contributed by atoms with Crippen LogP contribution < -0.4 is 5.32 Å². The monoisotopic (exact) mass is 409 g/mol. The van der Waals surface area contributed by atoms with Gasteiger partial charge in [0.1, 0.15) is 17.0 Å². The molecule has 0 aliphatic rings. The smallest absolute Gasteiger partial charge is 0.143 e. The zero-order valence-electron chi connectivity index (χ0n) is 13.9. The summed E-state index contributed by atoms with van der Waals surface area (Å²) >= 11 is 5.30. The Morgan fingerprint density at radius 1 is 0.960 bits per heavy atom. The molecule has 0 fully saturated rings. The fraction of sp³-hybridized carbons (Fsp3) is 0.100. The second-order valence-corrected chi connectivity index (χ2v) is 7.96.